The normalized spacial score (nSPS) is 17.7. The van der Waals surface area contributed by atoms with Crippen LogP contribution < -0.4 is 10.2 Å². The number of aromatic nitrogens is 1. The number of hydrogen-bond donors (Lipinski definition) is 1. The molecule has 0 aliphatic carbocycles. The number of anilines is 1. The highest BCUT2D eigenvalue weighted by atomic mass is 16.5. The Kier molecular flexibility index (Phi) is 6.15. The summed E-state index contributed by atoms with van der Waals surface area (Å²) in [5, 5.41) is 3.06. The van der Waals surface area contributed by atoms with Crippen molar-refractivity contribution in [3.8, 4) is 0 Å². The van der Waals surface area contributed by atoms with Crippen LogP contribution in [0.1, 0.15) is 16.7 Å². The first-order valence-corrected chi connectivity index (χ1v) is 11.7. The first kappa shape index (κ1) is 23.5. The lowest BCUT2D eigenvalue weighted by Crippen LogP contribution is -2.54. The largest absolute Gasteiger partial charge is 0.378 e. The molecule has 2 saturated heterocycles. The highest BCUT2D eigenvalue weighted by Gasteiger charge is 2.37. The van der Waals surface area contributed by atoms with E-state index in [1.807, 2.05) is 48.7 Å². The molecule has 0 saturated carbocycles. The van der Waals surface area contributed by atoms with Gasteiger partial charge in [-0.05, 0) is 49.2 Å². The predicted molar refractivity (Wildman–Crippen MR) is 134 cm³/mol. The first-order chi connectivity index (χ1) is 17.3. The lowest BCUT2D eigenvalue weighted by molar-refractivity contribution is -0.135. The number of benzene rings is 2. The van der Waals surface area contributed by atoms with Gasteiger partial charge < -0.3 is 14.2 Å². The molecule has 3 heterocycles. The van der Waals surface area contributed by atoms with Crippen molar-refractivity contribution in [3.63, 3.8) is 0 Å². The van der Waals surface area contributed by atoms with E-state index >= 15 is 0 Å². The van der Waals surface area contributed by atoms with E-state index in [2.05, 4.69) is 5.32 Å². The Hall–Kier alpha value is -4.24. The monoisotopic (exact) mass is 486 g/mol. The molecule has 5 amide bonds. The summed E-state index contributed by atoms with van der Waals surface area (Å²) in [5.74, 6) is -1.49. The summed E-state index contributed by atoms with van der Waals surface area (Å²) in [7, 11) is 0. The van der Waals surface area contributed by atoms with Gasteiger partial charge in [0.05, 0.1) is 18.9 Å². The molecule has 9 nitrogen and oxygen atoms in total. The van der Waals surface area contributed by atoms with Gasteiger partial charge in [0.2, 0.25) is 5.91 Å². The second-order valence-electron chi connectivity index (χ2n) is 9.03. The van der Waals surface area contributed by atoms with Gasteiger partial charge >= 0.3 is 6.03 Å². The third-order valence-electron chi connectivity index (χ3n) is 6.35. The van der Waals surface area contributed by atoms with Crippen molar-refractivity contribution >= 4 is 46.4 Å². The molecule has 2 aliphatic heterocycles. The molecule has 184 valence electrons. The van der Waals surface area contributed by atoms with E-state index in [4.69, 9.17) is 4.74 Å². The molecule has 3 aromatic rings. The van der Waals surface area contributed by atoms with Gasteiger partial charge in [-0.1, -0.05) is 24.3 Å². The number of fused-ring (bicyclic) bond motifs is 1. The molecule has 2 fully saturated rings. The zero-order valence-electron chi connectivity index (χ0n) is 20.1. The summed E-state index contributed by atoms with van der Waals surface area (Å²) >= 11 is 0. The second-order valence-corrected chi connectivity index (χ2v) is 9.03. The van der Waals surface area contributed by atoms with Crippen LogP contribution in [0.15, 0.2) is 54.2 Å². The molecular formula is C27H26N4O5. The maximum absolute atomic E-state index is 13.4. The van der Waals surface area contributed by atoms with Crippen LogP contribution in [0, 0.1) is 13.8 Å². The third-order valence-corrected chi connectivity index (χ3v) is 6.35. The number of nitrogens with zero attached hydrogens (tertiary/aromatic N) is 3. The molecule has 0 bridgehead atoms. The third kappa shape index (κ3) is 4.40. The molecular weight excluding hydrogens is 460 g/mol. The number of aryl methyl sites for hydroxylation is 2. The zero-order valence-corrected chi connectivity index (χ0v) is 20.1. The quantitative estimate of drug-likeness (QED) is 0.452. The number of urea groups is 1. The van der Waals surface area contributed by atoms with E-state index in [0.29, 0.717) is 37.6 Å². The lowest BCUT2D eigenvalue weighted by Gasteiger charge is -2.27. The average Bonchev–Trinajstić information content (AvgIpc) is 3.18. The van der Waals surface area contributed by atoms with Crippen molar-refractivity contribution < 1.29 is 23.9 Å². The van der Waals surface area contributed by atoms with Crippen molar-refractivity contribution in [3.05, 3.63) is 70.9 Å². The Morgan fingerprint density at radius 2 is 1.72 bits per heavy atom. The minimum Gasteiger partial charge on any atom is -0.378 e. The van der Waals surface area contributed by atoms with Crippen LogP contribution in [-0.2, 0) is 25.7 Å². The van der Waals surface area contributed by atoms with Crippen LogP contribution in [-0.4, -0.2) is 59.5 Å². The van der Waals surface area contributed by atoms with Crippen molar-refractivity contribution in [1.29, 1.82) is 0 Å². The SMILES string of the molecule is Cc1cc(C)cc(N2C(=O)NC(=O)C(=Cc3cn(CC(=O)N4CCOCC4)c4ccccc34)C2=O)c1. The summed E-state index contributed by atoms with van der Waals surface area (Å²) in [6.07, 6.45) is 3.24. The average molecular weight is 487 g/mol. The maximum Gasteiger partial charge on any atom is 0.335 e. The summed E-state index contributed by atoms with van der Waals surface area (Å²) in [5.41, 5.74) is 3.43. The van der Waals surface area contributed by atoms with Crippen LogP contribution in [0.2, 0.25) is 0 Å². The molecule has 0 spiro atoms. The Labute approximate surface area is 207 Å². The summed E-state index contributed by atoms with van der Waals surface area (Å²) in [6.45, 7) is 6.00. The van der Waals surface area contributed by atoms with Crippen molar-refractivity contribution in [1.82, 2.24) is 14.8 Å². The van der Waals surface area contributed by atoms with Crippen LogP contribution in [0.25, 0.3) is 17.0 Å². The van der Waals surface area contributed by atoms with E-state index in [1.165, 1.54) is 6.08 Å². The molecule has 0 atom stereocenters. The van der Waals surface area contributed by atoms with Crippen molar-refractivity contribution in [2.24, 2.45) is 0 Å². The van der Waals surface area contributed by atoms with E-state index in [0.717, 1.165) is 26.9 Å². The summed E-state index contributed by atoms with van der Waals surface area (Å²) in [6, 6.07) is 12.1. The molecule has 2 aromatic carbocycles. The van der Waals surface area contributed by atoms with Crippen LogP contribution in [0.4, 0.5) is 10.5 Å². The molecule has 0 radical (unpaired) electrons. The van der Waals surface area contributed by atoms with Gasteiger partial charge in [-0.3, -0.25) is 19.7 Å². The van der Waals surface area contributed by atoms with Gasteiger partial charge in [-0.2, -0.15) is 0 Å². The van der Waals surface area contributed by atoms with Gasteiger partial charge in [-0.25, -0.2) is 9.69 Å². The zero-order chi connectivity index (χ0) is 25.4. The molecule has 5 rings (SSSR count). The Balaban J connectivity index is 1.51. The van der Waals surface area contributed by atoms with Gasteiger partial charge in [-0.15, -0.1) is 0 Å². The number of hydrogen-bond acceptors (Lipinski definition) is 5. The van der Waals surface area contributed by atoms with Gasteiger partial charge in [0.1, 0.15) is 12.1 Å². The minimum atomic E-state index is -0.786. The van der Waals surface area contributed by atoms with Crippen LogP contribution >= 0.6 is 0 Å². The smallest absolute Gasteiger partial charge is 0.335 e. The fraction of sp³-hybridized carbons (Fsp3) is 0.259. The number of ether oxygens (including phenoxy) is 1. The van der Waals surface area contributed by atoms with Crippen LogP contribution in [0.5, 0.6) is 0 Å². The van der Waals surface area contributed by atoms with Gasteiger partial charge in [0.15, 0.2) is 0 Å². The second kappa shape index (κ2) is 9.43. The van der Waals surface area contributed by atoms with Crippen molar-refractivity contribution in [2.45, 2.75) is 20.4 Å². The number of para-hydroxylation sites is 1. The molecule has 0 unspecified atom stereocenters. The Bertz CT molecular complexity index is 1410. The molecule has 36 heavy (non-hydrogen) atoms. The van der Waals surface area contributed by atoms with E-state index in [9.17, 15) is 19.2 Å². The topological polar surface area (TPSA) is 101 Å². The lowest BCUT2D eigenvalue weighted by atomic mass is 10.0. The van der Waals surface area contributed by atoms with Gasteiger partial charge in [0, 0.05) is 35.8 Å². The summed E-state index contributed by atoms with van der Waals surface area (Å²) in [4.78, 5) is 54.4. The number of amides is 5. The minimum absolute atomic E-state index is 0.0312. The number of barbiturate groups is 1. The molecule has 1 N–H and O–H groups in total. The summed E-state index contributed by atoms with van der Waals surface area (Å²) < 4.78 is 7.15. The fourth-order valence-electron chi connectivity index (χ4n) is 4.71. The van der Waals surface area contributed by atoms with E-state index < -0.39 is 17.8 Å². The van der Waals surface area contributed by atoms with Crippen LogP contribution in [0.3, 0.4) is 0 Å². The van der Waals surface area contributed by atoms with E-state index in [1.54, 1.807) is 23.2 Å². The molecule has 1 aromatic heterocycles. The Morgan fingerprint density at radius 3 is 2.44 bits per heavy atom. The van der Waals surface area contributed by atoms with Crippen molar-refractivity contribution in [2.75, 3.05) is 31.2 Å². The number of carbonyl (C=O) groups excluding carboxylic acids is 4. The fourth-order valence-corrected chi connectivity index (χ4v) is 4.71. The predicted octanol–water partition coefficient (Wildman–Crippen LogP) is 2.78. The molecule has 2 aliphatic rings. The highest BCUT2D eigenvalue weighted by molar-refractivity contribution is 6.39. The standard InChI is InChI=1S/C27H26N4O5/c1-17-11-18(2)13-20(12-17)31-26(34)22(25(33)28-27(31)35)14-19-15-30(23-6-4-3-5-21(19)23)16-24(32)29-7-9-36-10-8-29/h3-6,11-15H,7-10,16H2,1-2H3,(H,28,33,35). The first-order valence-electron chi connectivity index (χ1n) is 11.7. The number of rotatable bonds is 4. The maximum atomic E-state index is 13.4. The number of imide groups is 2. The van der Waals surface area contributed by atoms with E-state index in [-0.39, 0.29) is 18.0 Å². The molecule has 9 heteroatoms. The number of morpholine rings is 1. The Morgan fingerprint density at radius 1 is 1.03 bits per heavy atom. The highest BCUT2D eigenvalue weighted by Crippen LogP contribution is 2.27. The van der Waals surface area contributed by atoms with Gasteiger partial charge in [0.25, 0.3) is 11.8 Å². The number of carbonyl (C=O) groups is 4. The number of nitrogens with one attached hydrogen (secondary N) is 1.